The maximum absolute atomic E-state index is 13.5. The van der Waals surface area contributed by atoms with E-state index in [1.54, 1.807) is 7.11 Å². The Labute approximate surface area is 223 Å². The Morgan fingerprint density at radius 2 is 2.00 bits per heavy atom. The lowest BCUT2D eigenvalue weighted by Gasteiger charge is -2.43. The van der Waals surface area contributed by atoms with Crippen LogP contribution in [0.2, 0.25) is 5.02 Å². The first-order chi connectivity index (χ1) is 17.4. The topological polar surface area (TPSA) is 73.8 Å². The number of urea groups is 1. The first-order valence-corrected chi connectivity index (χ1v) is 14.4. The zero-order valence-electron chi connectivity index (χ0n) is 22.6. The van der Waals surface area contributed by atoms with Crippen LogP contribution in [0.1, 0.15) is 83.1 Å². The zero-order chi connectivity index (χ0) is 26.0. The van der Waals surface area contributed by atoms with Gasteiger partial charge in [0.25, 0.3) is 0 Å². The molecule has 2 fully saturated rings. The molecule has 3 N–H and O–H groups in total. The molecule has 2 aliphatic rings. The molecule has 0 unspecified atom stereocenters. The molecule has 0 radical (unpaired) electrons. The van der Waals surface area contributed by atoms with Gasteiger partial charge in [0.05, 0.1) is 5.60 Å². The quantitative estimate of drug-likeness (QED) is 0.308. The lowest BCUT2D eigenvalue weighted by molar-refractivity contribution is -0.0564. The van der Waals surface area contributed by atoms with Crippen molar-refractivity contribution >= 4 is 17.6 Å². The highest BCUT2D eigenvalue weighted by Gasteiger charge is 2.41. The second-order valence-corrected chi connectivity index (χ2v) is 11.5. The van der Waals surface area contributed by atoms with Gasteiger partial charge in [-0.15, -0.1) is 0 Å². The predicted octanol–water partition coefficient (Wildman–Crippen LogP) is 5.71. The third-order valence-corrected chi connectivity index (χ3v) is 8.78. The molecule has 0 bridgehead atoms. The third kappa shape index (κ3) is 8.08. The molecule has 1 saturated carbocycles. The van der Waals surface area contributed by atoms with Crippen LogP contribution in [-0.4, -0.2) is 62.0 Å². The van der Waals surface area contributed by atoms with Gasteiger partial charge in [-0.2, -0.15) is 0 Å². The molecule has 7 heteroatoms. The fourth-order valence-corrected chi connectivity index (χ4v) is 6.35. The molecule has 0 aromatic heterocycles. The van der Waals surface area contributed by atoms with Crippen molar-refractivity contribution in [1.82, 2.24) is 15.5 Å². The molecule has 1 aliphatic carbocycles. The van der Waals surface area contributed by atoms with Gasteiger partial charge in [-0.05, 0) is 76.1 Å². The maximum Gasteiger partial charge on any atom is 0.317 e. The summed E-state index contributed by atoms with van der Waals surface area (Å²) >= 11 is 6.32. The number of nitrogens with zero attached hydrogens (tertiary/aromatic N) is 1. The molecular weight excluding hydrogens is 474 g/mol. The standard InChI is InChI=1S/C29H48ClN3O3/c1-22(31-2)27(19-23-11-5-4-6-12-23)32-28(34)33-17-10-14-25(21-33)29(35,16-7-8-18-36-3)24-13-9-15-26(30)20-24/h9,13,15,20,22-23,25,27,31,35H,4-8,10-12,14,16-19,21H2,1-3H3,(H,32,34)/t22-,25-,27+,29-/m1/s1. The fourth-order valence-electron chi connectivity index (χ4n) is 6.16. The van der Waals surface area contributed by atoms with E-state index in [1.807, 2.05) is 36.2 Å². The Hall–Kier alpha value is -1.34. The number of rotatable bonds is 12. The smallest absolute Gasteiger partial charge is 0.317 e. The van der Waals surface area contributed by atoms with Crippen LogP contribution in [0.3, 0.4) is 0 Å². The second kappa shape index (κ2) is 14.6. The van der Waals surface area contributed by atoms with Crippen LogP contribution in [0, 0.1) is 11.8 Å². The zero-order valence-corrected chi connectivity index (χ0v) is 23.4. The molecule has 1 saturated heterocycles. The summed E-state index contributed by atoms with van der Waals surface area (Å²) in [5.41, 5.74) is -0.184. The Kier molecular flexibility index (Phi) is 11.8. The van der Waals surface area contributed by atoms with E-state index in [-0.39, 0.29) is 24.0 Å². The number of likely N-dealkylation sites (N-methyl/N-ethyl adjacent to an activating group) is 1. The monoisotopic (exact) mass is 521 g/mol. The molecule has 36 heavy (non-hydrogen) atoms. The van der Waals surface area contributed by atoms with Crippen molar-refractivity contribution in [1.29, 1.82) is 0 Å². The molecule has 0 spiro atoms. The number of methoxy groups -OCH3 is 1. The van der Waals surface area contributed by atoms with Crippen molar-refractivity contribution in [3.05, 3.63) is 34.9 Å². The van der Waals surface area contributed by atoms with Crippen molar-refractivity contribution in [2.75, 3.05) is 33.9 Å². The first-order valence-electron chi connectivity index (χ1n) is 14.1. The van der Waals surface area contributed by atoms with Gasteiger partial charge in [0, 0.05) is 49.8 Å². The molecule has 204 valence electrons. The Bertz CT molecular complexity index is 804. The Morgan fingerprint density at radius 3 is 2.69 bits per heavy atom. The number of carbonyl (C=O) groups is 1. The normalized spacial score (nSPS) is 22.6. The molecule has 1 aromatic rings. The van der Waals surface area contributed by atoms with E-state index in [1.165, 1.54) is 32.1 Å². The summed E-state index contributed by atoms with van der Waals surface area (Å²) in [4.78, 5) is 15.4. The highest BCUT2D eigenvalue weighted by Crippen LogP contribution is 2.40. The van der Waals surface area contributed by atoms with Gasteiger partial charge in [-0.1, -0.05) is 55.8 Å². The van der Waals surface area contributed by atoms with Crippen LogP contribution in [0.25, 0.3) is 0 Å². The van der Waals surface area contributed by atoms with Crippen molar-refractivity contribution in [2.45, 2.75) is 95.2 Å². The van der Waals surface area contributed by atoms with Crippen LogP contribution < -0.4 is 10.6 Å². The van der Waals surface area contributed by atoms with E-state index in [9.17, 15) is 9.90 Å². The van der Waals surface area contributed by atoms with Gasteiger partial charge in [0.1, 0.15) is 0 Å². The third-order valence-electron chi connectivity index (χ3n) is 8.54. The minimum Gasteiger partial charge on any atom is -0.385 e. The van der Waals surface area contributed by atoms with Gasteiger partial charge < -0.3 is 25.4 Å². The number of unbranched alkanes of at least 4 members (excludes halogenated alkanes) is 1. The number of aliphatic hydroxyl groups is 1. The summed E-state index contributed by atoms with van der Waals surface area (Å²) in [6.45, 7) is 4.10. The van der Waals surface area contributed by atoms with Crippen LogP contribution in [0.15, 0.2) is 24.3 Å². The molecule has 4 atom stereocenters. The number of hydrogen-bond donors (Lipinski definition) is 3. The predicted molar refractivity (Wildman–Crippen MR) is 147 cm³/mol. The van der Waals surface area contributed by atoms with Crippen molar-refractivity contribution in [2.24, 2.45) is 11.8 Å². The summed E-state index contributed by atoms with van der Waals surface area (Å²) in [5, 5.41) is 19.4. The number of benzene rings is 1. The number of carbonyl (C=O) groups excluding carboxylic acids is 1. The summed E-state index contributed by atoms with van der Waals surface area (Å²) in [6.07, 6.45) is 11.6. The van der Waals surface area contributed by atoms with Crippen LogP contribution in [0.4, 0.5) is 4.79 Å². The van der Waals surface area contributed by atoms with E-state index < -0.39 is 5.60 Å². The van der Waals surface area contributed by atoms with E-state index in [0.29, 0.717) is 30.5 Å². The average Bonchev–Trinajstić information content (AvgIpc) is 2.90. The number of nitrogens with one attached hydrogen (secondary N) is 2. The molecule has 6 nitrogen and oxygen atoms in total. The molecule has 2 amide bonds. The minimum absolute atomic E-state index is 0.00423. The van der Waals surface area contributed by atoms with Crippen molar-refractivity contribution in [3.8, 4) is 0 Å². The van der Waals surface area contributed by atoms with Crippen LogP contribution in [0.5, 0.6) is 0 Å². The van der Waals surface area contributed by atoms with Gasteiger partial charge >= 0.3 is 6.03 Å². The first kappa shape index (κ1) is 29.2. The summed E-state index contributed by atoms with van der Waals surface area (Å²) in [7, 11) is 3.67. The van der Waals surface area contributed by atoms with E-state index in [0.717, 1.165) is 44.2 Å². The summed E-state index contributed by atoms with van der Waals surface area (Å²) in [5.74, 6) is 0.644. The molecule has 1 heterocycles. The van der Waals surface area contributed by atoms with E-state index in [4.69, 9.17) is 16.3 Å². The molecule has 3 rings (SSSR count). The average molecular weight is 522 g/mol. The molecule has 1 aliphatic heterocycles. The van der Waals surface area contributed by atoms with E-state index in [2.05, 4.69) is 17.6 Å². The van der Waals surface area contributed by atoms with Crippen LogP contribution >= 0.6 is 11.6 Å². The van der Waals surface area contributed by atoms with Crippen molar-refractivity contribution < 1.29 is 14.6 Å². The number of piperidine rings is 1. The van der Waals surface area contributed by atoms with Gasteiger partial charge in [0.2, 0.25) is 0 Å². The summed E-state index contributed by atoms with van der Waals surface area (Å²) < 4.78 is 5.23. The fraction of sp³-hybridized carbons (Fsp3) is 0.759. The summed E-state index contributed by atoms with van der Waals surface area (Å²) in [6, 6.07) is 7.90. The Morgan fingerprint density at radius 1 is 1.22 bits per heavy atom. The lowest BCUT2D eigenvalue weighted by Crippen LogP contribution is -2.55. The Balaban J connectivity index is 1.70. The number of likely N-dealkylation sites (tertiary alicyclic amines) is 1. The lowest BCUT2D eigenvalue weighted by atomic mass is 9.74. The van der Waals surface area contributed by atoms with Crippen molar-refractivity contribution in [3.63, 3.8) is 0 Å². The molecular formula is C29H48ClN3O3. The number of halogens is 1. The van der Waals surface area contributed by atoms with Gasteiger partial charge in [-0.3, -0.25) is 0 Å². The number of hydrogen-bond acceptors (Lipinski definition) is 4. The highest BCUT2D eigenvalue weighted by molar-refractivity contribution is 6.30. The van der Waals surface area contributed by atoms with Crippen LogP contribution in [-0.2, 0) is 10.3 Å². The maximum atomic E-state index is 13.5. The van der Waals surface area contributed by atoms with Gasteiger partial charge in [-0.25, -0.2) is 4.79 Å². The largest absolute Gasteiger partial charge is 0.385 e. The van der Waals surface area contributed by atoms with E-state index >= 15 is 0 Å². The highest BCUT2D eigenvalue weighted by atomic mass is 35.5. The minimum atomic E-state index is -1.03. The van der Waals surface area contributed by atoms with Gasteiger partial charge in [0.15, 0.2) is 0 Å². The number of amides is 2. The second-order valence-electron chi connectivity index (χ2n) is 11.0. The SMILES string of the molecule is CN[C@H](C)[C@H](CC1CCCCC1)NC(=O)N1CCC[C@@H]([C@@](O)(CCCCOC)c2cccc(Cl)c2)C1. The number of ether oxygens (including phenoxy) is 1. The molecule has 1 aromatic carbocycles.